The number of hydrogen-bond acceptors (Lipinski definition) is 1. The van der Waals surface area contributed by atoms with Crippen LogP contribution in [0.4, 0.5) is 17.1 Å². The maximum absolute atomic E-state index is 2.38. The van der Waals surface area contributed by atoms with Gasteiger partial charge in [-0.25, -0.2) is 0 Å². The van der Waals surface area contributed by atoms with Crippen LogP contribution in [0.25, 0.3) is 65.7 Å². The minimum absolute atomic E-state index is 1.11. The van der Waals surface area contributed by atoms with Crippen LogP contribution in [0.5, 0.6) is 0 Å². The van der Waals surface area contributed by atoms with Crippen molar-refractivity contribution in [2.75, 3.05) is 4.90 Å². The number of fused-ring (bicyclic) bond motifs is 4. The highest BCUT2D eigenvalue weighted by atomic mass is 15.1. The summed E-state index contributed by atoms with van der Waals surface area (Å²) < 4.78 is 0. The lowest BCUT2D eigenvalue weighted by Gasteiger charge is -2.27. The van der Waals surface area contributed by atoms with E-state index < -0.39 is 0 Å². The Balaban J connectivity index is 1.21. The van der Waals surface area contributed by atoms with Crippen molar-refractivity contribution < 1.29 is 0 Å². The fourth-order valence-electron chi connectivity index (χ4n) is 7.26. The Hall–Kier alpha value is -6.44. The van der Waals surface area contributed by atoms with Crippen LogP contribution in [0.2, 0.25) is 0 Å². The fourth-order valence-corrected chi connectivity index (χ4v) is 7.26. The van der Waals surface area contributed by atoms with E-state index in [2.05, 4.69) is 205 Å². The predicted octanol–water partition coefficient (Wildman–Crippen LogP) is 13.6. The van der Waals surface area contributed by atoms with E-state index in [1.165, 1.54) is 65.7 Å². The fraction of sp³-hybridized carbons (Fsp3) is 0. The smallest absolute Gasteiger partial charge is 0.0474 e. The molecule has 0 bridgehead atoms. The Morgan fingerprint density at radius 2 is 0.735 bits per heavy atom. The summed E-state index contributed by atoms with van der Waals surface area (Å²) in [6.07, 6.45) is 0. The number of nitrogens with zero attached hydrogens (tertiary/aromatic N) is 1. The lowest BCUT2D eigenvalue weighted by molar-refractivity contribution is 1.29. The molecule has 0 aromatic heterocycles. The Labute approximate surface area is 287 Å². The van der Waals surface area contributed by atoms with Gasteiger partial charge in [0.2, 0.25) is 0 Å². The van der Waals surface area contributed by atoms with Crippen molar-refractivity contribution in [2.24, 2.45) is 0 Å². The zero-order valence-electron chi connectivity index (χ0n) is 27.0. The first-order valence-electron chi connectivity index (χ1n) is 16.8. The van der Waals surface area contributed by atoms with Crippen molar-refractivity contribution in [1.29, 1.82) is 0 Å². The lowest BCUT2D eigenvalue weighted by atomic mass is 9.90. The quantitative estimate of drug-likeness (QED) is 0.167. The van der Waals surface area contributed by atoms with Gasteiger partial charge < -0.3 is 4.90 Å². The summed E-state index contributed by atoms with van der Waals surface area (Å²) in [6.45, 7) is 0. The van der Waals surface area contributed by atoms with Crippen molar-refractivity contribution in [3.05, 3.63) is 200 Å². The maximum Gasteiger partial charge on any atom is 0.0474 e. The van der Waals surface area contributed by atoms with E-state index in [4.69, 9.17) is 0 Å². The molecule has 0 aliphatic heterocycles. The summed E-state index contributed by atoms with van der Waals surface area (Å²) >= 11 is 0. The first-order valence-corrected chi connectivity index (χ1v) is 16.8. The molecule has 9 aromatic carbocycles. The molecule has 0 heterocycles. The van der Waals surface area contributed by atoms with Crippen LogP contribution in [-0.2, 0) is 0 Å². The lowest BCUT2D eigenvalue weighted by Crippen LogP contribution is -2.10. The summed E-state index contributed by atoms with van der Waals surface area (Å²) in [5.74, 6) is 0. The molecule has 0 fully saturated rings. The molecule has 0 radical (unpaired) electrons. The van der Waals surface area contributed by atoms with Crippen molar-refractivity contribution in [3.8, 4) is 33.4 Å². The van der Waals surface area contributed by atoms with Gasteiger partial charge in [-0.3, -0.25) is 0 Å². The van der Waals surface area contributed by atoms with Gasteiger partial charge in [0, 0.05) is 17.1 Å². The highest BCUT2D eigenvalue weighted by molar-refractivity contribution is 6.16. The molecule has 1 nitrogen and oxygen atoms in total. The molecule has 0 aliphatic rings. The standard InChI is InChI=1S/C48H33N/c1-3-14-34(15-4-1)36-18-13-19-37(30-36)35-26-28-41(29-27-35)49(40-20-5-2-6-21-40)42-31-38-16-7-10-23-44(38)48(33-42)47-32-39-17-8-9-22-43(39)45-24-11-12-25-46(45)47/h1-33H. The van der Waals surface area contributed by atoms with Crippen LogP contribution in [0, 0.1) is 0 Å². The van der Waals surface area contributed by atoms with Crippen LogP contribution in [0.3, 0.4) is 0 Å². The van der Waals surface area contributed by atoms with E-state index in [1.807, 2.05) is 0 Å². The molecule has 0 saturated carbocycles. The van der Waals surface area contributed by atoms with Crippen molar-refractivity contribution >= 4 is 49.4 Å². The molecule has 0 amide bonds. The van der Waals surface area contributed by atoms with Gasteiger partial charge in [0.25, 0.3) is 0 Å². The topological polar surface area (TPSA) is 3.24 Å². The van der Waals surface area contributed by atoms with Crippen LogP contribution < -0.4 is 4.90 Å². The second-order valence-corrected chi connectivity index (χ2v) is 12.6. The third-order valence-corrected chi connectivity index (χ3v) is 9.61. The largest absolute Gasteiger partial charge is 0.310 e. The normalized spacial score (nSPS) is 11.3. The average molecular weight is 624 g/mol. The number of anilines is 3. The van der Waals surface area contributed by atoms with Crippen molar-refractivity contribution in [3.63, 3.8) is 0 Å². The van der Waals surface area contributed by atoms with E-state index in [0.717, 1.165) is 17.1 Å². The molecule has 0 saturated heterocycles. The molecule has 0 atom stereocenters. The summed E-state index contributed by atoms with van der Waals surface area (Å²) in [5, 5.41) is 7.52. The molecule has 9 aromatic rings. The third-order valence-electron chi connectivity index (χ3n) is 9.61. The van der Waals surface area contributed by atoms with Crippen LogP contribution >= 0.6 is 0 Å². The first kappa shape index (κ1) is 28.8. The third kappa shape index (κ3) is 5.32. The van der Waals surface area contributed by atoms with E-state index in [0.29, 0.717) is 0 Å². The van der Waals surface area contributed by atoms with Gasteiger partial charge in [0.1, 0.15) is 0 Å². The predicted molar refractivity (Wildman–Crippen MR) is 210 cm³/mol. The number of para-hydroxylation sites is 1. The van der Waals surface area contributed by atoms with Crippen LogP contribution in [0.1, 0.15) is 0 Å². The van der Waals surface area contributed by atoms with E-state index in [1.54, 1.807) is 0 Å². The van der Waals surface area contributed by atoms with Gasteiger partial charge in [-0.05, 0) is 114 Å². The van der Waals surface area contributed by atoms with Crippen molar-refractivity contribution in [1.82, 2.24) is 0 Å². The molecular weight excluding hydrogens is 591 g/mol. The number of hydrogen-bond donors (Lipinski definition) is 0. The highest BCUT2D eigenvalue weighted by Crippen LogP contribution is 2.43. The van der Waals surface area contributed by atoms with Crippen LogP contribution in [-0.4, -0.2) is 0 Å². The van der Waals surface area contributed by atoms with Gasteiger partial charge in [-0.1, -0.05) is 152 Å². The first-order chi connectivity index (χ1) is 24.3. The molecule has 9 rings (SSSR count). The van der Waals surface area contributed by atoms with Crippen LogP contribution in [0.15, 0.2) is 200 Å². The molecule has 1 heteroatoms. The Bertz CT molecular complexity index is 2590. The van der Waals surface area contributed by atoms with Gasteiger partial charge in [0.15, 0.2) is 0 Å². The zero-order valence-corrected chi connectivity index (χ0v) is 27.0. The van der Waals surface area contributed by atoms with Gasteiger partial charge in [-0.2, -0.15) is 0 Å². The van der Waals surface area contributed by atoms with Gasteiger partial charge in [0.05, 0.1) is 0 Å². The molecule has 0 N–H and O–H groups in total. The SMILES string of the molecule is c1ccc(-c2cccc(-c3ccc(N(c4ccccc4)c4cc(-c5cc6ccccc6c6ccccc56)c5ccccc5c4)cc3)c2)cc1. The second-order valence-electron chi connectivity index (χ2n) is 12.6. The van der Waals surface area contributed by atoms with E-state index in [9.17, 15) is 0 Å². The minimum atomic E-state index is 1.11. The summed E-state index contributed by atoms with van der Waals surface area (Å²) in [4.78, 5) is 2.38. The highest BCUT2D eigenvalue weighted by Gasteiger charge is 2.18. The van der Waals surface area contributed by atoms with Gasteiger partial charge >= 0.3 is 0 Å². The molecule has 0 spiro atoms. The van der Waals surface area contributed by atoms with E-state index >= 15 is 0 Å². The molecule has 49 heavy (non-hydrogen) atoms. The molecule has 0 unspecified atom stereocenters. The Kier molecular flexibility index (Phi) is 7.22. The maximum atomic E-state index is 2.38. The summed E-state index contributed by atoms with van der Waals surface area (Å²) in [6, 6.07) is 72.4. The number of benzene rings is 9. The summed E-state index contributed by atoms with van der Waals surface area (Å²) in [5.41, 5.74) is 10.7. The molecule has 230 valence electrons. The van der Waals surface area contributed by atoms with E-state index in [-0.39, 0.29) is 0 Å². The van der Waals surface area contributed by atoms with Gasteiger partial charge in [-0.15, -0.1) is 0 Å². The monoisotopic (exact) mass is 623 g/mol. The summed E-state index contributed by atoms with van der Waals surface area (Å²) in [7, 11) is 0. The molecular formula is C48H33N. The second kappa shape index (κ2) is 12.3. The minimum Gasteiger partial charge on any atom is -0.310 e. The Morgan fingerprint density at radius 1 is 0.245 bits per heavy atom. The Morgan fingerprint density at radius 3 is 1.45 bits per heavy atom. The average Bonchev–Trinajstić information content (AvgIpc) is 3.18. The van der Waals surface area contributed by atoms with Crippen molar-refractivity contribution in [2.45, 2.75) is 0 Å². The number of rotatable bonds is 6. The molecule has 0 aliphatic carbocycles. The zero-order chi connectivity index (χ0) is 32.6.